The van der Waals surface area contributed by atoms with Gasteiger partial charge in [-0.3, -0.25) is 4.79 Å². The number of hydrogen-bond acceptors (Lipinski definition) is 6. The van der Waals surface area contributed by atoms with Gasteiger partial charge in [0, 0.05) is 10.7 Å². The minimum Gasteiger partial charge on any atom is -0.496 e. The van der Waals surface area contributed by atoms with Crippen LogP contribution in [0.5, 0.6) is 5.75 Å². The van der Waals surface area contributed by atoms with Gasteiger partial charge in [-0.15, -0.1) is 10.2 Å². The van der Waals surface area contributed by atoms with Crippen molar-refractivity contribution in [3.63, 3.8) is 0 Å². The van der Waals surface area contributed by atoms with Crippen molar-refractivity contribution in [1.29, 1.82) is 0 Å². The average molecular weight is 390 g/mol. The Morgan fingerprint density at radius 1 is 1.27 bits per heavy atom. The molecule has 0 radical (unpaired) electrons. The van der Waals surface area contributed by atoms with Crippen molar-refractivity contribution in [1.82, 2.24) is 10.2 Å². The van der Waals surface area contributed by atoms with Gasteiger partial charge in [-0.05, 0) is 36.8 Å². The van der Waals surface area contributed by atoms with Crippen molar-refractivity contribution in [2.45, 2.75) is 12.1 Å². The van der Waals surface area contributed by atoms with Crippen LogP contribution in [0, 0.1) is 6.92 Å². The molecule has 1 amide bonds. The summed E-state index contributed by atoms with van der Waals surface area (Å²) in [7, 11) is 1.58. The summed E-state index contributed by atoms with van der Waals surface area (Å²) in [6.07, 6.45) is 0. The highest BCUT2D eigenvalue weighted by Gasteiger charge is 2.14. The van der Waals surface area contributed by atoms with Gasteiger partial charge < -0.3 is 14.5 Å². The van der Waals surface area contributed by atoms with E-state index < -0.39 is 0 Å². The molecule has 6 nitrogen and oxygen atoms in total. The zero-order valence-corrected chi connectivity index (χ0v) is 15.7. The molecule has 0 fully saturated rings. The predicted molar refractivity (Wildman–Crippen MR) is 102 cm³/mol. The normalized spacial score (nSPS) is 10.6. The van der Waals surface area contributed by atoms with Crippen LogP contribution in [0.4, 0.5) is 5.69 Å². The summed E-state index contributed by atoms with van der Waals surface area (Å²) in [5, 5.41) is 11.7. The summed E-state index contributed by atoms with van der Waals surface area (Å²) < 4.78 is 10.9. The minimum atomic E-state index is -0.188. The van der Waals surface area contributed by atoms with Gasteiger partial charge in [-0.25, -0.2) is 0 Å². The molecule has 0 unspecified atom stereocenters. The Hall–Kier alpha value is -2.51. The number of para-hydroxylation sites is 1. The van der Waals surface area contributed by atoms with E-state index in [-0.39, 0.29) is 11.7 Å². The lowest BCUT2D eigenvalue weighted by Gasteiger charge is -2.06. The Bertz CT molecular complexity index is 930. The largest absolute Gasteiger partial charge is 0.496 e. The number of thioether (sulfide) groups is 1. The fourth-order valence-corrected chi connectivity index (χ4v) is 2.94. The number of nitrogens with zero attached hydrogens (tertiary/aromatic N) is 2. The standard InChI is InChI=1S/C18H16ClN3O3S/c1-11-7-8-12(9-14(11)19)20-16(23)10-26-18-22-21-17(25-18)13-5-3-4-6-15(13)24-2/h3-9H,10H2,1-2H3,(H,20,23). The van der Waals surface area contributed by atoms with Gasteiger partial charge in [0.2, 0.25) is 5.91 Å². The molecule has 8 heteroatoms. The maximum Gasteiger partial charge on any atom is 0.277 e. The van der Waals surface area contributed by atoms with Crippen LogP contribution in [-0.4, -0.2) is 29.0 Å². The number of halogens is 1. The van der Waals surface area contributed by atoms with E-state index in [4.69, 9.17) is 20.8 Å². The third-order valence-electron chi connectivity index (χ3n) is 3.53. The summed E-state index contributed by atoms with van der Waals surface area (Å²) in [4.78, 5) is 12.1. The van der Waals surface area contributed by atoms with Crippen LogP contribution >= 0.6 is 23.4 Å². The fraction of sp³-hybridized carbons (Fsp3) is 0.167. The lowest BCUT2D eigenvalue weighted by atomic mass is 10.2. The lowest BCUT2D eigenvalue weighted by Crippen LogP contribution is -2.14. The van der Waals surface area contributed by atoms with Crippen molar-refractivity contribution in [3.05, 3.63) is 53.1 Å². The van der Waals surface area contributed by atoms with E-state index in [0.29, 0.717) is 33.1 Å². The van der Waals surface area contributed by atoms with E-state index in [1.165, 1.54) is 0 Å². The molecule has 0 atom stereocenters. The fourth-order valence-electron chi connectivity index (χ4n) is 2.19. The smallest absolute Gasteiger partial charge is 0.277 e. The van der Waals surface area contributed by atoms with Crippen molar-refractivity contribution in [2.24, 2.45) is 0 Å². The summed E-state index contributed by atoms with van der Waals surface area (Å²) in [6, 6.07) is 12.7. The molecule has 3 aromatic rings. The molecule has 0 spiro atoms. The van der Waals surface area contributed by atoms with Crippen molar-refractivity contribution < 1.29 is 13.9 Å². The maximum absolute atomic E-state index is 12.1. The highest BCUT2D eigenvalue weighted by molar-refractivity contribution is 7.99. The Kier molecular flexibility index (Phi) is 5.80. The quantitative estimate of drug-likeness (QED) is 0.628. The second-order valence-electron chi connectivity index (χ2n) is 5.37. The van der Waals surface area contributed by atoms with Crippen LogP contribution in [0.1, 0.15) is 5.56 Å². The van der Waals surface area contributed by atoms with Crippen LogP contribution < -0.4 is 10.1 Å². The van der Waals surface area contributed by atoms with E-state index in [9.17, 15) is 4.79 Å². The number of carbonyl (C=O) groups excluding carboxylic acids is 1. The first-order valence-corrected chi connectivity index (χ1v) is 9.09. The maximum atomic E-state index is 12.1. The number of aryl methyl sites for hydroxylation is 1. The van der Waals surface area contributed by atoms with Crippen molar-refractivity contribution in [3.8, 4) is 17.2 Å². The Balaban J connectivity index is 1.61. The molecule has 1 N–H and O–H groups in total. The summed E-state index contributed by atoms with van der Waals surface area (Å²) in [5.41, 5.74) is 2.30. The molecule has 1 aromatic heterocycles. The summed E-state index contributed by atoms with van der Waals surface area (Å²) in [5.74, 6) is 0.934. The molecule has 2 aromatic carbocycles. The van der Waals surface area contributed by atoms with Gasteiger partial charge in [0.1, 0.15) is 5.75 Å². The van der Waals surface area contributed by atoms with Crippen LogP contribution in [0.2, 0.25) is 5.02 Å². The van der Waals surface area contributed by atoms with Gasteiger partial charge in [0.25, 0.3) is 11.1 Å². The zero-order chi connectivity index (χ0) is 18.5. The molecule has 134 valence electrons. The monoisotopic (exact) mass is 389 g/mol. The molecule has 3 rings (SSSR count). The lowest BCUT2D eigenvalue weighted by molar-refractivity contribution is -0.113. The van der Waals surface area contributed by atoms with Crippen LogP contribution in [0.25, 0.3) is 11.5 Å². The molecule has 0 saturated carbocycles. The van der Waals surface area contributed by atoms with Crippen molar-refractivity contribution >= 4 is 35.0 Å². The minimum absolute atomic E-state index is 0.138. The van der Waals surface area contributed by atoms with Crippen LogP contribution in [-0.2, 0) is 4.79 Å². The number of rotatable bonds is 6. The number of nitrogens with one attached hydrogen (secondary N) is 1. The highest BCUT2D eigenvalue weighted by Crippen LogP contribution is 2.30. The predicted octanol–water partition coefficient (Wildman–Crippen LogP) is 4.44. The highest BCUT2D eigenvalue weighted by atomic mass is 35.5. The van der Waals surface area contributed by atoms with Gasteiger partial charge in [-0.1, -0.05) is 41.6 Å². The van der Waals surface area contributed by atoms with Crippen LogP contribution in [0.15, 0.2) is 52.1 Å². The Morgan fingerprint density at radius 3 is 2.85 bits per heavy atom. The summed E-state index contributed by atoms with van der Waals surface area (Å²) in [6.45, 7) is 1.90. The second-order valence-corrected chi connectivity index (χ2v) is 6.71. The van der Waals surface area contributed by atoms with E-state index in [1.54, 1.807) is 19.2 Å². The molecular formula is C18H16ClN3O3S. The number of anilines is 1. The number of benzene rings is 2. The van der Waals surface area contributed by atoms with E-state index >= 15 is 0 Å². The topological polar surface area (TPSA) is 77.2 Å². The number of hydrogen-bond donors (Lipinski definition) is 1. The van der Waals surface area contributed by atoms with E-state index in [0.717, 1.165) is 17.3 Å². The van der Waals surface area contributed by atoms with Crippen LogP contribution in [0.3, 0.4) is 0 Å². The zero-order valence-electron chi connectivity index (χ0n) is 14.2. The Labute approximate surface area is 159 Å². The molecule has 0 bridgehead atoms. The first-order chi connectivity index (χ1) is 12.6. The van der Waals surface area contributed by atoms with Gasteiger partial charge >= 0.3 is 0 Å². The SMILES string of the molecule is COc1ccccc1-c1nnc(SCC(=O)Nc2ccc(C)c(Cl)c2)o1. The average Bonchev–Trinajstić information content (AvgIpc) is 3.12. The molecule has 0 saturated heterocycles. The third kappa shape index (κ3) is 4.36. The molecule has 1 heterocycles. The van der Waals surface area contributed by atoms with E-state index in [1.807, 2.05) is 37.3 Å². The van der Waals surface area contributed by atoms with Crippen molar-refractivity contribution in [2.75, 3.05) is 18.2 Å². The molecular weight excluding hydrogens is 374 g/mol. The van der Waals surface area contributed by atoms with Gasteiger partial charge in [-0.2, -0.15) is 0 Å². The number of carbonyl (C=O) groups is 1. The molecule has 0 aliphatic rings. The van der Waals surface area contributed by atoms with E-state index in [2.05, 4.69) is 15.5 Å². The number of methoxy groups -OCH3 is 1. The number of aromatic nitrogens is 2. The Morgan fingerprint density at radius 2 is 2.08 bits per heavy atom. The van der Waals surface area contributed by atoms with Gasteiger partial charge in [0.15, 0.2) is 0 Å². The molecule has 26 heavy (non-hydrogen) atoms. The first kappa shape index (κ1) is 18.3. The number of ether oxygens (including phenoxy) is 1. The third-order valence-corrected chi connectivity index (χ3v) is 4.75. The molecule has 0 aliphatic carbocycles. The summed E-state index contributed by atoms with van der Waals surface area (Å²) >= 11 is 7.21. The second kappa shape index (κ2) is 8.25. The van der Waals surface area contributed by atoms with Gasteiger partial charge in [0.05, 0.1) is 18.4 Å². The number of amides is 1. The first-order valence-electron chi connectivity index (χ1n) is 7.72. The molecule has 0 aliphatic heterocycles.